The first-order valence-corrected chi connectivity index (χ1v) is 7.09. The van der Waals surface area contributed by atoms with Gasteiger partial charge in [-0.25, -0.2) is 0 Å². The average molecular weight is 325 g/mol. The quantitative estimate of drug-likeness (QED) is 0.848. The summed E-state index contributed by atoms with van der Waals surface area (Å²) in [6.07, 6.45) is 0. The van der Waals surface area contributed by atoms with Gasteiger partial charge in [-0.15, -0.1) is 11.3 Å². The van der Waals surface area contributed by atoms with E-state index >= 15 is 0 Å². The lowest BCUT2D eigenvalue weighted by Crippen LogP contribution is -2.26. The van der Waals surface area contributed by atoms with Crippen LogP contribution in [0.25, 0.3) is 0 Å². The number of carbonyl (C=O) groups is 1. The normalized spacial score (nSPS) is 12.1. The maximum atomic E-state index is 12.0. The lowest BCUT2D eigenvalue weighted by atomic mass is 10.1. The van der Waals surface area contributed by atoms with E-state index in [0.717, 1.165) is 9.35 Å². The van der Waals surface area contributed by atoms with Crippen molar-refractivity contribution in [3.05, 3.63) is 50.6 Å². The van der Waals surface area contributed by atoms with E-state index in [1.807, 2.05) is 37.3 Å². The molecule has 0 aliphatic carbocycles. The number of carbonyl (C=O) groups excluding carboxylic acids is 1. The van der Waals surface area contributed by atoms with Crippen LogP contribution in [-0.2, 0) is 0 Å². The van der Waals surface area contributed by atoms with Crippen molar-refractivity contribution in [2.75, 3.05) is 5.73 Å². The van der Waals surface area contributed by atoms with E-state index in [9.17, 15) is 4.79 Å². The van der Waals surface area contributed by atoms with E-state index in [0.29, 0.717) is 10.6 Å². The molecule has 5 heteroatoms. The van der Waals surface area contributed by atoms with Crippen LogP contribution in [0.1, 0.15) is 28.2 Å². The molecule has 2 rings (SSSR count). The number of nitrogens with one attached hydrogen (secondary N) is 1. The fraction of sp³-hybridized carbons (Fsp3) is 0.154. The van der Waals surface area contributed by atoms with Crippen LogP contribution in [0.4, 0.5) is 5.69 Å². The third-order valence-electron chi connectivity index (χ3n) is 2.61. The first-order chi connectivity index (χ1) is 8.58. The van der Waals surface area contributed by atoms with Gasteiger partial charge in [-0.05, 0) is 46.6 Å². The number of benzene rings is 1. The van der Waals surface area contributed by atoms with Gasteiger partial charge in [0.15, 0.2) is 0 Å². The smallest absolute Gasteiger partial charge is 0.261 e. The second-order valence-electron chi connectivity index (χ2n) is 3.93. The Morgan fingerprint density at radius 3 is 2.67 bits per heavy atom. The molecule has 0 radical (unpaired) electrons. The van der Waals surface area contributed by atoms with Crippen LogP contribution in [0.3, 0.4) is 0 Å². The van der Waals surface area contributed by atoms with Crippen molar-refractivity contribution < 1.29 is 4.79 Å². The molecule has 0 bridgehead atoms. The van der Waals surface area contributed by atoms with Crippen molar-refractivity contribution in [2.24, 2.45) is 0 Å². The molecule has 18 heavy (non-hydrogen) atoms. The maximum absolute atomic E-state index is 12.0. The SMILES string of the molecule is CC(NC(=O)c1ccc(Br)s1)c1ccccc1N. The standard InChI is InChI=1S/C13H13BrN2OS/c1-8(9-4-2-3-5-10(9)15)16-13(17)11-6-7-12(14)18-11/h2-8H,15H2,1H3,(H,16,17). The molecule has 94 valence electrons. The highest BCUT2D eigenvalue weighted by Crippen LogP contribution is 2.24. The molecule has 1 unspecified atom stereocenters. The minimum Gasteiger partial charge on any atom is -0.398 e. The number of nitrogen functional groups attached to an aromatic ring is 1. The lowest BCUT2D eigenvalue weighted by Gasteiger charge is -2.15. The minimum absolute atomic E-state index is 0.0820. The molecule has 1 amide bonds. The van der Waals surface area contributed by atoms with Gasteiger partial charge in [-0.1, -0.05) is 18.2 Å². The summed E-state index contributed by atoms with van der Waals surface area (Å²) in [5.74, 6) is -0.0820. The number of hydrogen-bond donors (Lipinski definition) is 2. The van der Waals surface area contributed by atoms with Crippen LogP contribution in [0, 0.1) is 0 Å². The molecular weight excluding hydrogens is 312 g/mol. The molecule has 0 saturated carbocycles. The Hall–Kier alpha value is -1.33. The Balaban J connectivity index is 2.10. The number of anilines is 1. The zero-order valence-corrected chi connectivity index (χ0v) is 12.2. The molecule has 1 heterocycles. The van der Waals surface area contributed by atoms with E-state index in [1.165, 1.54) is 11.3 Å². The summed E-state index contributed by atoms with van der Waals surface area (Å²) in [5, 5.41) is 2.94. The zero-order chi connectivity index (χ0) is 13.1. The van der Waals surface area contributed by atoms with Gasteiger partial charge in [-0.3, -0.25) is 4.79 Å². The van der Waals surface area contributed by atoms with Crippen molar-refractivity contribution in [1.29, 1.82) is 0 Å². The van der Waals surface area contributed by atoms with Gasteiger partial charge < -0.3 is 11.1 Å². The van der Waals surface area contributed by atoms with E-state index in [1.54, 1.807) is 6.07 Å². The van der Waals surface area contributed by atoms with Crippen LogP contribution in [-0.4, -0.2) is 5.91 Å². The van der Waals surface area contributed by atoms with Crippen molar-refractivity contribution in [1.82, 2.24) is 5.32 Å². The third-order valence-corrected chi connectivity index (χ3v) is 4.23. The molecule has 0 spiro atoms. The van der Waals surface area contributed by atoms with Crippen molar-refractivity contribution in [3.63, 3.8) is 0 Å². The summed E-state index contributed by atoms with van der Waals surface area (Å²) >= 11 is 4.75. The number of thiophene rings is 1. The highest BCUT2D eigenvalue weighted by molar-refractivity contribution is 9.11. The average Bonchev–Trinajstić information content (AvgIpc) is 2.76. The Morgan fingerprint density at radius 2 is 2.06 bits per heavy atom. The van der Waals surface area contributed by atoms with Crippen LogP contribution in [0.2, 0.25) is 0 Å². The van der Waals surface area contributed by atoms with Crippen LogP contribution >= 0.6 is 27.3 Å². The van der Waals surface area contributed by atoms with Gasteiger partial charge in [0.05, 0.1) is 14.7 Å². The predicted molar refractivity (Wildman–Crippen MR) is 78.8 cm³/mol. The number of hydrogen-bond acceptors (Lipinski definition) is 3. The molecule has 3 nitrogen and oxygen atoms in total. The van der Waals surface area contributed by atoms with Crippen LogP contribution in [0.5, 0.6) is 0 Å². The number of nitrogens with two attached hydrogens (primary N) is 1. The molecule has 1 aromatic heterocycles. The van der Waals surface area contributed by atoms with Gasteiger partial charge in [0.1, 0.15) is 0 Å². The molecule has 2 aromatic rings. The maximum Gasteiger partial charge on any atom is 0.261 e. The molecule has 3 N–H and O–H groups in total. The molecule has 0 saturated heterocycles. The Bertz CT molecular complexity index is 568. The highest BCUT2D eigenvalue weighted by Gasteiger charge is 2.14. The second-order valence-corrected chi connectivity index (χ2v) is 6.39. The minimum atomic E-state index is -0.112. The third kappa shape index (κ3) is 2.91. The van der Waals surface area contributed by atoms with Crippen LogP contribution in [0.15, 0.2) is 40.2 Å². The van der Waals surface area contributed by atoms with Crippen molar-refractivity contribution in [2.45, 2.75) is 13.0 Å². The topological polar surface area (TPSA) is 55.1 Å². The van der Waals surface area contributed by atoms with Gasteiger partial charge >= 0.3 is 0 Å². The fourth-order valence-corrected chi connectivity index (χ4v) is 2.98. The van der Waals surface area contributed by atoms with Gasteiger partial charge in [0.2, 0.25) is 0 Å². The number of para-hydroxylation sites is 1. The number of halogens is 1. The summed E-state index contributed by atoms with van der Waals surface area (Å²) < 4.78 is 0.944. The van der Waals surface area contributed by atoms with Crippen molar-refractivity contribution >= 4 is 38.9 Å². The summed E-state index contributed by atoms with van der Waals surface area (Å²) in [6, 6.07) is 11.1. The van der Waals surface area contributed by atoms with Crippen molar-refractivity contribution in [3.8, 4) is 0 Å². The Kier molecular flexibility index (Phi) is 4.04. The Labute approximate surface area is 118 Å². The van der Waals surface area contributed by atoms with Gasteiger partial charge in [0.25, 0.3) is 5.91 Å². The molecular formula is C13H13BrN2OS. The fourth-order valence-electron chi connectivity index (χ4n) is 1.69. The monoisotopic (exact) mass is 324 g/mol. The number of rotatable bonds is 3. The first-order valence-electron chi connectivity index (χ1n) is 5.48. The van der Waals surface area contributed by atoms with E-state index in [4.69, 9.17) is 5.73 Å². The number of amides is 1. The molecule has 0 aliphatic heterocycles. The Morgan fingerprint density at radius 1 is 1.33 bits per heavy atom. The van der Waals surface area contributed by atoms with E-state index in [2.05, 4.69) is 21.2 Å². The predicted octanol–water partition coefficient (Wildman–Crippen LogP) is 3.58. The summed E-state index contributed by atoms with van der Waals surface area (Å²) in [6.45, 7) is 1.92. The molecule has 0 fully saturated rings. The summed E-state index contributed by atoms with van der Waals surface area (Å²) in [4.78, 5) is 12.7. The van der Waals surface area contributed by atoms with Crippen LogP contribution < -0.4 is 11.1 Å². The second kappa shape index (κ2) is 5.54. The summed E-state index contributed by atoms with van der Waals surface area (Å²) in [7, 11) is 0. The molecule has 1 atom stereocenters. The van der Waals surface area contributed by atoms with Gasteiger partial charge in [-0.2, -0.15) is 0 Å². The zero-order valence-electron chi connectivity index (χ0n) is 9.81. The summed E-state index contributed by atoms with van der Waals surface area (Å²) in [5.41, 5.74) is 7.51. The van der Waals surface area contributed by atoms with Gasteiger partial charge in [0, 0.05) is 5.69 Å². The first kappa shape index (κ1) is 13.1. The lowest BCUT2D eigenvalue weighted by molar-refractivity contribution is 0.0944. The van der Waals surface area contributed by atoms with E-state index in [-0.39, 0.29) is 11.9 Å². The van der Waals surface area contributed by atoms with E-state index < -0.39 is 0 Å². The largest absolute Gasteiger partial charge is 0.398 e. The molecule has 0 aliphatic rings. The highest BCUT2D eigenvalue weighted by atomic mass is 79.9. The molecule has 1 aromatic carbocycles.